The molecular formula is C55H33N3O. The van der Waals surface area contributed by atoms with Crippen molar-refractivity contribution in [3.63, 3.8) is 0 Å². The molecule has 59 heavy (non-hydrogen) atoms. The van der Waals surface area contributed by atoms with Crippen LogP contribution in [0.5, 0.6) is 0 Å². The maximum atomic E-state index is 6.59. The molecule has 4 nitrogen and oxygen atoms in total. The molecule has 0 aliphatic rings. The molecule has 0 spiro atoms. The Kier molecular flexibility index (Phi) is 7.50. The van der Waals surface area contributed by atoms with Crippen molar-refractivity contribution in [2.24, 2.45) is 0 Å². The normalized spacial score (nSPS) is 11.7. The van der Waals surface area contributed by atoms with Crippen molar-refractivity contribution >= 4 is 65.0 Å². The summed E-state index contributed by atoms with van der Waals surface area (Å²) in [7, 11) is 0. The second-order valence-corrected chi connectivity index (χ2v) is 15.1. The van der Waals surface area contributed by atoms with Gasteiger partial charge in [0.15, 0.2) is 17.5 Å². The van der Waals surface area contributed by atoms with Gasteiger partial charge in [-0.3, -0.25) is 0 Å². The SMILES string of the molecule is c1ccc(-c2ccc3ccccc3c2-c2nc(-c3ccc(-c4cc5ccccc5c5ccccc45)c4ccccc34)nc(-c3cccc4c3oc3ccccc34)n2)cc1. The molecule has 0 unspecified atom stereocenters. The summed E-state index contributed by atoms with van der Waals surface area (Å²) in [6, 6.07) is 70.5. The Bertz CT molecular complexity index is 3620. The average molecular weight is 752 g/mol. The second-order valence-electron chi connectivity index (χ2n) is 15.1. The third kappa shape index (κ3) is 5.34. The average Bonchev–Trinajstić information content (AvgIpc) is 3.70. The van der Waals surface area contributed by atoms with Crippen LogP contribution in [0.3, 0.4) is 0 Å². The van der Waals surface area contributed by atoms with E-state index < -0.39 is 0 Å². The minimum absolute atomic E-state index is 0.551. The standard InChI is InChI=1S/C55H33N3O/c1-2-15-34(16-3-1)39-30-29-35-17-4-7-20-38(35)51(39)55-57-53(56-54(58-55)48-27-14-26-46-45-25-12-13-28-50(45)59-52(46)48)47-32-31-44(41-22-9-10-23-42(41)47)49-33-36-18-5-6-19-37(36)40-21-8-11-24-43(40)49/h1-33H. The molecule has 2 heterocycles. The summed E-state index contributed by atoms with van der Waals surface area (Å²) in [5.41, 5.74) is 8.78. The van der Waals surface area contributed by atoms with Crippen molar-refractivity contribution in [2.45, 2.75) is 0 Å². The van der Waals surface area contributed by atoms with Crippen LogP contribution < -0.4 is 0 Å². The summed E-state index contributed by atoms with van der Waals surface area (Å²) in [5.74, 6) is 1.74. The zero-order valence-electron chi connectivity index (χ0n) is 31.8. The molecule has 0 N–H and O–H groups in total. The number of hydrogen-bond acceptors (Lipinski definition) is 4. The van der Waals surface area contributed by atoms with Crippen LogP contribution in [0.25, 0.3) is 121 Å². The van der Waals surface area contributed by atoms with Crippen molar-refractivity contribution < 1.29 is 4.42 Å². The van der Waals surface area contributed by atoms with Crippen LogP contribution in [0.1, 0.15) is 0 Å². The van der Waals surface area contributed by atoms with Crippen LogP contribution in [0.4, 0.5) is 0 Å². The zero-order chi connectivity index (χ0) is 38.9. The lowest BCUT2D eigenvalue weighted by atomic mass is 9.89. The molecule has 0 amide bonds. The molecule has 0 bridgehead atoms. The number of benzene rings is 10. The van der Waals surface area contributed by atoms with Gasteiger partial charge in [0.05, 0.1) is 5.56 Å². The summed E-state index contributed by atoms with van der Waals surface area (Å²) in [6.45, 7) is 0. The molecule has 0 aliphatic carbocycles. The number of nitrogens with zero attached hydrogens (tertiary/aromatic N) is 3. The Hall–Kier alpha value is -7.95. The molecule has 0 atom stereocenters. The maximum Gasteiger partial charge on any atom is 0.167 e. The molecule has 4 heteroatoms. The van der Waals surface area contributed by atoms with Crippen molar-refractivity contribution in [1.82, 2.24) is 15.0 Å². The predicted octanol–water partition coefficient (Wildman–Crippen LogP) is 14.7. The summed E-state index contributed by atoms with van der Waals surface area (Å²) in [5, 5.41) is 11.4. The fourth-order valence-electron chi connectivity index (χ4n) is 9.03. The third-order valence-corrected chi connectivity index (χ3v) is 11.7. The van der Waals surface area contributed by atoms with Crippen molar-refractivity contribution in [2.75, 3.05) is 0 Å². The summed E-state index contributed by atoms with van der Waals surface area (Å²) in [4.78, 5) is 16.2. The molecule has 12 rings (SSSR count). The molecule has 0 saturated carbocycles. The molecule has 0 radical (unpaired) electrons. The lowest BCUT2D eigenvalue weighted by Crippen LogP contribution is -2.02. The predicted molar refractivity (Wildman–Crippen MR) is 244 cm³/mol. The number of rotatable bonds is 5. The quantitative estimate of drug-likeness (QED) is 0.164. The van der Waals surface area contributed by atoms with Crippen LogP contribution in [-0.4, -0.2) is 15.0 Å². The van der Waals surface area contributed by atoms with Gasteiger partial charge in [0.25, 0.3) is 0 Å². The molecule has 274 valence electrons. The van der Waals surface area contributed by atoms with Gasteiger partial charge in [-0.25, -0.2) is 15.0 Å². The van der Waals surface area contributed by atoms with E-state index in [0.717, 1.165) is 76.9 Å². The topological polar surface area (TPSA) is 51.8 Å². The Morgan fingerprint density at radius 1 is 0.288 bits per heavy atom. The van der Waals surface area contributed by atoms with Crippen LogP contribution in [0, 0.1) is 0 Å². The highest BCUT2D eigenvalue weighted by atomic mass is 16.3. The Morgan fingerprint density at radius 2 is 0.831 bits per heavy atom. The Labute approximate surface area is 339 Å². The highest BCUT2D eigenvalue weighted by molar-refractivity contribution is 6.17. The fraction of sp³-hybridized carbons (Fsp3) is 0. The molecule has 0 saturated heterocycles. The van der Waals surface area contributed by atoms with Crippen LogP contribution in [-0.2, 0) is 0 Å². The van der Waals surface area contributed by atoms with Gasteiger partial charge in [0.2, 0.25) is 0 Å². The van der Waals surface area contributed by atoms with E-state index in [-0.39, 0.29) is 0 Å². The lowest BCUT2D eigenvalue weighted by Gasteiger charge is -2.17. The lowest BCUT2D eigenvalue weighted by molar-refractivity contribution is 0.669. The van der Waals surface area contributed by atoms with E-state index in [4.69, 9.17) is 19.4 Å². The van der Waals surface area contributed by atoms with E-state index in [1.165, 1.54) is 27.1 Å². The first kappa shape index (κ1) is 33.2. The van der Waals surface area contributed by atoms with Gasteiger partial charge in [0, 0.05) is 21.9 Å². The Balaban J connectivity index is 1.15. The van der Waals surface area contributed by atoms with E-state index in [2.05, 4.69) is 176 Å². The van der Waals surface area contributed by atoms with Crippen molar-refractivity contribution in [3.05, 3.63) is 200 Å². The number of para-hydroxylation sites is 2. The van der Waals surface area contributed by atoms with Gasteiger partial charge in [0.1, 0.15) is 11.2 Å². The van der Waals surface area contributed by atoms with E-state index in [0.29, 0.717) is 17.5 Å². The van der Waals surface area contributed by atoms with Gasteiger partial charge >= 0.3 is 0 Å². The minimum atomic E-state index is 0.551. The first-order valence-corrected chi connectivity index (χ1v) is 19.9. The number of furan rings is 1. The fourth-order valence-corrected chi connectivity index (χ4v) is 9.03. The summed E-state index contributed by atoms with van der Waals surface area (Å²) >= 11 is 0. The van der Waals surface area contributed by atoms with Gasteiger partial charge < -0.3 is 4.42 Å². The number of hydrogen-bond donors (Lipinski definition) is 0. The van der Waals surface area contributed by atoms with Gasteiger partial charge in [-0.15, -0.1) is 0 Å². The van der Waals surface area contributed by atoms with Gasteiger partial charge in [-0.05, 0) is 89.6 Å². The number of aromatic nitrogens is 3. The molecule has 10 aromatic carbocycles. The Morgan fingerprint density at radius 3 is 1.63 bits per heavy atom. The van der Waals surface area contributed by atoms with E-state index in [1.54, 1.807) is 0 Å². The summed E-state index contributed by atoms with van der Waals surface area (Å²) < 4.78 is 6.59. The van der Waals surface area contributed by atoms with E-state index >= 15 is 0 Å². The first-order chi connectivity index (χ1) is 29.3. The molecule has 0 fully saturated rings. The molecule has 12 aromatic rings. The van der Waals surface area contributed by atoms with Crippen LogP contribution >= 0.6 is 0 Å². The van der Waals surface area contributed by atoms with Crippen LogP contribution in [0.15, 0.2) is 205 Å². The van der Waals surface area contributed by atoms with Crippen molar-refractivity contribution in [3.8, 4) is 56.4 Å². The third-order valence-electron chi connectivity index (χ3n) is 11.7. The highest BCUT2D eigenvalue weighted by Crippen LogP contribution is 2.43. The van der Waals surface area contributed by atoms with Crippen molar-refractivity contribution in [1.29, 1.82) is 0 Å². The second kappa shape index (κ2) is 13.3. The van der Waals surface area contributed by atoms with Crippen LogP contribution in [0.2, 0.25) is 0 Å². The maximum absolute atomic E-state index is 6.59. The first-order valence-electron chi connectivity index (χ1n) is 19.9. The zero-order valence-corrected chi connectivity index (χ0v) is 31.8. The van der Waals surface area contributed by atoms with Gasteiger partial charge in [-0.2, -0.15) is 0 Å². The molecule has 2 aromatic heterocycles. The van der Waals surface area contributed by atoms with E-state index in [1.807, 2.05) is 24.3 Å². The monoisotopic (exact) mass is 751 g/mol. The van der Waals surface area contributed by atoms with E-state index in [9.17, 15) is 0 Å². The largest absolute Gasteiger partial charge is 0.455 e. The minimum Gasteiger partial charge on any atom is -0.455 e. The highest BCUT2D eigenvalue weighted by Gasteiger charge is 2.22. The van der Waals surface area contributed by atoms with Gasteiger partial charge in [-0.1, -0.05) is 176 Å². The summed E-state index contributed by atoms with van der Waals surface area (Å²) in [6.07, 6.45) is 0. The molecular weight excluding hydrogens is 719 g/mol. The number of fused-ring (bicyclic) bond motifs is 8. The molecule has 0 aliphatic heterocycles. The smallest absolute Gasteiger partial charge is 0.167 e.